The summed E-state index contributed by atoms with van der Waals surface area (Å²) in [4.78, 5) is 20.0. The zero-order valence-corrected chi connectivity index (χ0v) is 22.7. The zero-order chi connectivity index (χ0) is 27.6. The number of sulfonamides is 1. The van der Waals surface area contributed by atoms with Gasteiger partial charge in [0.1, 0.15) is 0 Å². The van der Waals surface area contributed by atoms with E-state index in [1.165, 1.54) is 0 Å². The Balaban J connectivity index is 1.50. The molecule has 0 saturated carbocycles. The van der Waals surface area contributed by atoms with Gasteiger partial charge in [-0.15, -0.1) is 0 Å². The first-order valence-electron chi connectivity index (χ1n) is 13.0. The number of anilines is 1. The first-order valence-corrected chi connectivity index (χ1v) is 14.4. The standard InChI is InChI=1S/C31H31N3O4S/c1-3-22-12-16-27(17-13-22)39(37,38)33-30-28-19-26(15-14-24(28)18-29(30)35)34(20-25-11-7-8-21(2)32-25)31(36)23-9-5-4-6-10-23/h4-17,19,29-30,33,35H,3,18,20H2,1-2H3. The molecule has 2 atom stereocenters. The van der Waals surface area contributed by atoms with Gasteiger partial charge in [0, 0.05) is 23.4 Å². The highest BCUT2D eigenvalue weighted by atomic mass is 32.2. The molecule has 39 heavy (non-hydrogen) atoms. The number of aromatic nitrogens is 1. The van der Waals surface area contributed by atoms with E-state index < -0.39 is 22.2 Å². The molecule has 0 aliphatic heterocycles. The van der Waals surface area contributed by atoms with Crippen LogP contribution in [0.15, 0.2) is 95.9 Å². The molecule has 200 valence electrons. The summed E-state index contributed by atoms with van der Waals surface area (Å²) in [5.74, 6) is -0.203. The van der Waals surface area contributed by atoms with Crippen molar-refractivity contribution in [3.8, 4) is 0 Å². The second kappa shape index (κ2) is 11.1. The second-order valence-electron chi connectivity index (χ2n) is 9.78. The van der Waals surface area contributed by atoms with Crippen LogP contribution in [0.2, 0.25) is 0 Å². The van der Waals surface area contributed by atoms with E-state index in [9.17, 15) is 18.3 Å². The maximum absolute atomic E-state index is 13.7. The van der Waals surface area contributed by atoms with Crippen LogP contribution in [0.1, 0.15) is 51.4 Å². The smallest absolute Gasteiger partial charge is 0.258 e. The van der Waals surface area contributed by atoms with Gasteiger partial charge >= 0.3 is 0 Å². The van der Waals surface area contributed by atoms with Crippen molar-refractivity contribution in [1.82, 2.24) is 9.71 Å². The van der Waals surface area contributed by atoms with Gasteiger partial charge in [0.05, 0.1) is 29.3 Å². The number of carbonyl (C=O) groups excluding carboxylic acids is 1. The lowest BCUT2D eigenvalue weighted by Crippen LogP contribution is -2.34. The van der Waals surface area contributed by atoms with Crippen LogP contribution in [-0.4, -0.2) is 30.5 Å². The number of pyridine rings is 1. The molecule has 0 radical (unpaired) electrons. The summed E-state index contributed by atoms with van der Waals surface area (Å²) in [5.41, 5.74) is 5.22. The van der Waals surface area contributed by atoms with Crippen LogP contribution in [0.4, 0.5) is 5.69 Å². The number of hydrogen-bond donors (Lipinski definition) is 2. The van der Waals surface area contributed by atoms with Crippen molar-refractivity contribution in [1.29, 1.82) is 0 Å². The van der Waals surface area contributed by atoms with Gasteiger partial charge in [0.25, 0.3) is 5.91 Å². The highest BCUT2D eigenvalue weighted by Gasteiger charge is 2.35. The van der Waals surface area contributed by atoms with Crippen LogP contribution in [0, 0.1) is 6.92 Å². The first-order chi connectivity index (χ1) is 18.7. The molecular formula is C31H31N3O4S. The predicted molar refractivity (Wildman–Crippen MR) is 151 cm³/mol. The Kier molecular flexibility index (Phi) is 7.61. The Morgan fingerprint density at radius 2 is 1.74 bits per heavy atom. The van der Waals surface area contributed by atoms with Gasteiger partial charge in [0.2, 0.25) is 10.0 Å². The van der Waals surface area contributed by atoms with E-state index >= 15 is 0 Å². The number of hydrogen-bond acceptors (Lipinski definition) is 5. The van der Waals surface area contributed by atoms with Crippen molar-refractivity contribution in [2.24, 2.45) is 0 Å². The van der Waals surface area contributed by atoms with E-state index in [0.29, 0.717) is 23.2 Å². The molecule has 4 aromatic rings. The highest BCUT2D eigenvalue weighted by Crippen LogP contribution is 2.36. The molecule has 0 saturated heterocycles. The summed E-state index contributed by atoms with van der Waals surface area (Å²) < 4.78 is 29.2. The molecule has 1 aliphatic rings. The number of aliphatic hydroxyl groups excluding tert-OH is 1. The fourth-order valence-corrected chi connectivity index (χ4v) is 6.17. The van der Waals surface area contributed by atoms with Crippen molar-refractivity contribution < 1.29 is 18.3 Å². The van der Waals surface area contributed by atoms with E-state index in [2.05, 4.69) is 9.71 Å². The summed E-state index contributed by atoms with van der Waals surface area (Å²) >= 11 is 0. The topological polar surface area (TPSA) is 99.6 Å². The van der Waals surface area contributed by atoms with Crippen LogP contribution in [-0.2, 0) is 29.4 Å². The molecular weight excluding hydrogens is 510 g/mol. The normalized spacial score (nSPS) is 16.6. The van der Waals surface area contributed by atoms with E-state index in [1.807, 2.05) is 62.4 Å². The third-order valence-electron chi connectivity index (χ3n) is 7.05. The van der Waals surface area contributed by atoms with Crippen molar-refractivity contribution in [2.75, 3.05) is 4.90 Å². The van der Waals surface area contributed by atoms with Gasteiger partial charge < -0.3 is 10.0 Å². The Morgan fingerprint density at radius 1 is 1.00 bits per heavy atom. The van der Waals surface area contributed by atoms with Crippen LogP contribution in [0.25, 0.3) is 0 Å². The lowest BCUT2D eigenvalue weighted by molar-refractivity contribution is 0.0984. The monoisotopic (exact) mass is 541 g/mol. The molecule has 0 bridgehead atoms. The maximum atomic E-state index is 13.7. The summed E-state index contributed by atoms with van der Waals surface area (Å²) in [6, 6.07) is 26.1. The van der Waals surface area contributed by atoms with Crippen LogP contribution in [0.3, 0.4) is 0 Å². The molecule has 0 fully saturated rings. The minimum Gasteiger partial charge on any atom is -0.391 e. The summed E-state index contributed by atoms with van der Waals surface area (Å²) in [5, 5.41) is 10.9. The third-order valence-corrected chi connectivity index (χ3v) is 8.50. The van der Waals surface area contributed by atoms with E-state index in [0.717, 1.165) is 28.9 Å². The second-order valence-corrected chi connectivity index (χ2v) is 11.5. The van der Waals surface area contributed by atoms with E-state index in [-0.39, 0.29) is 17.3 Å². The maximum Gasteiger partial charge on any atom is 0.258 e. The molecule has 0 spiro atoms. The highest BCUT2D eigenvalue weighted by molar-refractivity contribution is 7.89. The van der Waals surface area contributed by atoms with Gasteiger partial charge in [-0.25, -0.2) is 13.1 Å². The van der Waals surface area contributed by atoms with Gasteiger partial charge in [0.15, 0.2) is 0 Å². The molecule has 1 aliphatic carbocycles. The lowest BCUT2D eigenvalue weighted by Gasteiger charge is -2.25. The molecule has 3 aromatic carbocycles. The average Bonchev–Trinajstić information content (AvgIpc) is 3.25. The summed E-state index contributed by atoms with van der Waals surface area (Å²) in [7, 11) is -3.89. The lowest BCUT2D eigenvalue weighted by atomic mass is 10.1. The molecule has 2 N–H and O–H groups in total. The Labute approximate surface area is 229 Å². The number of benzene rings is 3. The van der Waals surface area contributed by atoms with E-state index in [4.69, 9.17) is 0 Å². The Hall–Kier alpha value is -3.85. The largest absolute Gasteiger partial charge is 0.391 e. The number of nitrogens with one attached hydrogen (secondary N) is 1. The van der Waals surface area contributed by atoms with Crippen molar-refractivity contribution >= 4 is 21.6 Å². The zero-order valence-electron chi connectivity index (χ0n) is 21.9. The number of nitrogens with zero attached hydrogens (tertiary/aromatic N) is 2. The molecule has 5 rings (SSSR count). The molecule has 2 unspecified atom stereocenters. The van der Waals surface area contributed by atoms with Crippen LogP contribution < -0.4 is 9.62 Å². The predicted octanol–water partition coefficient (Wildman–Crippen LogP) is 4.74. The number of rotatable bonds is 8. The molecule has 7 nitrogen and oxygen atoms in total. The molecule has 8 heteroatoms. The quantitative estimate of drug-likeness (QED) is 0.336. The fraction of sp³-hybridized carbons (Fsp3) is 0.226. The Morgan fingerprint density at radius 3 is 2.44 bits per heavy atom. The van der Waals surface area contributed by atoms with Gasteiger partial charge in [-0.05, 0) is 78.6 Å². The number of amides is 1. The molecule has 1 aromatic heterocycles. The number of carbonyl (C=O) groups is 1. The number of fused-ring (bicyclic) bond motifs is 1. The Bertz CT molecular complexity index is 1590. The van der Waals surface area contributed by atoms with E-state index in [1.54, 1.807) is 47.4 Å². The van der Waals surface area contributed by atoms with Crippen molar-refractivity contribution in [3.05, 3.63) is 125 Å². The molecule has 1 heterocycles. The van der Waals surface area contributed by atoms with Crippen LogP contribution in [0.5, 0.6) is 0 Å². The van der Waals surface area contributed by atoms with Crippen molar-refractivity contribution in [3.63, 3.8) is 0 Å². The first kappa shape index (κ1) is 26.7. The summed E-state index contributed by atoms with van der Waals surface area (Å²) in [6.45, 7) is 4.14. The fourth-order valence-electron chi connectivity index (χ4n) is 4.92. The van der Waals surface area contributed by atoms with Gasteiger partial charge in [-0.3, -0.25) is 9.78 Å². The minimum absolute atomic E-state index is 0.142. The number of aliphatic hydroxyl groups is 1. The van der Waals surface area contributed by atoms with Gasteiger partial charge in [-0.2, -0.15) is 0 Å². The number of aryl methyl sites for hydroxylation is 2. The molecule has 1 amide bonds. The minimum atomic E-state index is -3.89. The van der Waals surface area contributed by atoms with Gasteiger partial charge in [-0.1, -0.05) is 49.4 Å². The van der Waals surface area contributed by atoms with Crippen molar-refractivity contribution in [2.45, 2.75) is 50.3 Å². The SMILES string of the molecule is CCc1ccc(S(=O)(=O)NC2c3cc(N(Cc4cccc(C)n4)C(=O)c4ccccc4)ccc3CC2O)cc1. The average molecular weight is 542 g/mol. The van der Waals surface area contributed by atoms with Crippen LogP contribution >= 0.6 is 0 Å². The summed E-state index contributed by atoms with van der Waals surface area (Å²) in [6.07, 6.45) is 0.183. The third kappa shape index (κ3) is 5.78.